The minimum Gasteiger partial charge on any atom is -0.378 e. The summed E-state index contributed by atoms with van der Waals surface area (Å²) in [6.07, 6.45) is 2.19. The molecule has 1 aliphatic heterocycles. The van der Waals surface area contributed by atoms with Crippen molar-refractivity contribution < 1.29 is 14.3 Å². The summed E-state index contributed by atoms with van der Waals surface area (Å²) < 4.78 is 5.60. The predicted molar refractivity (Wildman–Crippen MR) is 81.6 cm³/mol. The van der Waals surface area contributed by atoms with Crippen molar-refractivity contribution >= 4 is 17.5 Å². The Labute approximate surface area is 125 Å². The molecule has 1 aromatic rings. The van der Waals surface area contributed by atoms with Gasteiger partial charge in [-0.3, -0.25) is 4.79 Å². The van der Waals surface area contributed by atoms with Crippen molar-refractivity contribution in [3.63, 3.8) is 0 Å². The van der Waals surface area contributed by atoms with Crippen LogP contribution in [0.4, 0.5) is 10.5 Å². The van der Waals surface area contributed by atoms with Crippen LogP contribution in [0.3, 0.4) is 0 Å². The van der Waals surface area contributed by atoms with Crippen molar-refractivity contribution in [2.24, 2.45) is 5.92 Å². The summed E-state index contributed by atoms with van der Waals surface area (Å²) in [5.74, 6) is 0.359. The molecular weight excluding hydrogens is 268 g/mol. The van der Waals surface area contributed by atoms with E-state index < -0.39 is 0 Å². The van der Waals surface area contributed by atoms with Crippen LogP contribution in [0.2, 0.25) is 0 Å². The van der Waals surface area contributed by atoms with Gasteiger partial charge >= 0.3 is 6.03 Å². The molecule has 1 aromatic carbocycles. The van der Waals surface area contributed by atoms with Gasteiger partial charge < -0.3 is 15.4 Å². The van der Waals surface area contributed by atoms with Crippen LogP contribution in [0.25, 0.3) is 0 Å². The molecule has 114 valence electrons. The van der Waals surface area contributed by atoms with Gasteiger partial charge in [-0.2, -0.15) is 0 Å². The molecule has 2 N–H and O–H groups in total. The Morgan fingerprint density at radius 3 is 2.90 bits per heavy atom. The summed E-state index contributed by atoms with van der Waals surface area (Å²) in [6.45, 7) is 4.98. The lowest BCUT2D eigenvalue weighted by Crippen LogP contribution is -2.35. The molecule has 0 aromatic heterocycles. The van der Waals surface area contributed by atoms with Gasteiger partial charge in [-0.15, -0.1) is 0 Å². The Bertz CT molecular complexity index is 516. The highest BCUT2D eigenvalue weighted by Gasteiger charge is 2.26. The molecule has 1 fully saturated rings. The van der Waals surface area contributed by atoms with E-state index in [0.717, 1.165) is 19.4 Å². The average Bonchev–Trinajstić information content (AvgIpc) is 2.93. The van der Waals surface area contributed by atoms with Gasteiger partial charge in [-0.25, -0.2) is 4.79 Å². The number of urea groups is 1. The second kappa shape index (κ2) is 7.22. The molecule has 0 radical (unpaired) electrons. The van der Waals surface area contributed by atoms with E-state index in [-0.39, 0.29) is 17.9 Å². The highest BCUT2D eigenvalue weighted by Crippen LogP contribution is 2.22. The molecule has 5 nitrogen and oxygen atoms in total. The third-order valence-electron chi connectivity index (χ3n) is 3.80. The standard InChI is InChI=1S/C16H22N2O3/c1-3-15-13(7-8-21-15)10-17-16(20)18-14-6-4-5-12(9-14)11(2)19/h4-6,9,13,15H,3,7-8,10H2,1-2H3,(H2,17,18,20). The smallest absolute Gasteiger partial charge is 0.319 e. The number of carbonyl (C=O) groups excluding carboxylic acids is 2. The number of carbonyl (C=O) groups is 2. The number of benzene rings is 1. The fourth-order valence-electron chi connectivity index (χ4n) is 2.59. The van der Waals surface area contributed by atoms with E-state index >= 15 is 0 Å². The van der Waals surface area contributed by atoms with Crippen LogP contribution >= 0.6 is 0 Å². The van der Waals surface area contributed by atoms with Gasteiger partial charge in [-0.05, 0) is 31.9 Å². The number of Topliss-reactive ketones (excluding diaryl/α,β-unsaturated/α-hetero) is 1. The topological polar surface area (TPSA) is 67.4 Å². The summed E-state index contributed by atoms with van der Waals surface area (Å²) in [4.78, 5) is 23.2. The van der Waals surface area contributed by atoms with Crippen LogP contribution in [0.15, 0.2) is 24.3 Å². The fraction of sp³-hybridized carbons (Fsp3) is 0.500. The minimum absolute atomic E-state index is 0.0204. The molecule has 2 amide bonds. The Balaban J connectivity index is 1.84. The first kappa shape index (κ1) is 15.5. The third-order valence-corrected chi connectivity index (χ3v) is 3.80. The molecule has 2 rings (SSSR count). The first-order valence-electron chi connectivity index (χ1n) is 7.37. The van der Waals surface area contributed by atoms with E-state index in [1.165, 1.54) is 6.92 Å². The quantitative estimate of drug-likeness (QED) is 0.819. The van der Waals surface area contributed by atoms with Crippen LogP contribution in [-0.4, -0.2) is 31.1 Å². The molecule has 2 atom stereocenters. The molecule has 1 saturated heterocycles. The molecule has 1 heterocycles. The minimum atomic E-state index is -0.252. The Morgan fingerprint density at radius 2 is 2.19 bits per heavy atom. The molecule has 0 aliphatic carbocycles. The summed E-state index contributed by atoms with van der Waals surface area (Å²) in [5, 5.41) is 5.62. The van der Waals surface area contributed by atoms with E-state index in [0.29, 0.717) is 23.7 Å². The zero-order valence-corrected chi connectivity index (χ0v) is 12.5. The van der Waals surface area contributed by atoms with E-state index in [9.17, 15) is 9.59 Å². The van der Waals surface area contributed by atoms with Crippen LogP contribution in [0, 0.1) is 5.92 Å². The van der Waals surface area contributed by atoms with E-state index in [1.54, 1.807) is 24.3 Å². The lowest BCUT2D eigenvalue weighted by Gasteiger charge is -2.17. The lowest BCUT2D eigenvalue weighted by atomic mass is 10.00. The largest absolute Gasteiger partial charge is 0.378 e. The average molecular weight is 290 g/mol. The zero-order chi connectivity index (χ0) is 15.2. The first-order chi connectivity index (χ1) is 10.1. The van der Waals surface area contributed by atoms with Gasteiger partial charge in [0.1, 0.15) is 0 Å². The maximum atomic E-state index is 11.9. The van der Waals surface area contributed by atoms with Crippen molar-refractivity contribution in [1.29, 1.82) is 0 Å². The molecule has 21 heavy (non-hydrogen) atoms. The number of rotatable bonds is 5. The van der Waals surface area contributed by atoms with Gasteiger partial charge in [0.05, 0.1) is 6.10 Å². The Morgan fingerprint density at radius 1 is 1.38 bits per heavy atom. The zero-order valence-electron chi connectivity index (χ0n) is 12.5. The molecule has 5 heteroatoms. The first-order valence-corrected chi connectivity index (χ1v) is 7.37. The van der Waals surface area contributed by atoms with Crippen LogP contribution in [-0.2, 0) is 4.74 Å². The van der Waals surface area contributed by atoms with Crippen molar-refractivity contribution in [2.75, 3.05) is 18.5 Å². The third kappa shape index (κ3) is 4.29. The van der Waals surface area contributed by atoms with Crippen molar-refractivity contribution in [3.8, 4) is 0 Å². The van der Waals surface area contributed by atoms with Gasteiger partial charge in [0.15, 0.2) is 5.78 Å². The van der Waals surface area contributed by atoms with Crippen molar-refractivity contribution in [1.82, 2.24) is 5.32 Å². The maximum Gasteiger partial charge on any atom is 0.319 e. The molecule has 0 spiro atoms. The number of hydrogen-bond acceptors (Lipinski definition) is 3. The van der Waals surface area contributed by atoms with Crippen LogP contribution < -0.4 is 10.6 Å². The lowest BCUT2D eigenvalue weighted by molar-refractivity contribution is 0.0879. The Kier molecular flexibility index (Phi) is 5.33. The summed E-state index contributed by atoms with van der Waals surface area (Å²) in [6, 6.07) is 6.67. The molecule has 1 aliphatic rings. The van der Waals surface area contributed by atoms with Crippen LogP contribution in [0.1, 0.15) is 37.0 Å². The van der Waals surface area contributed by atoms with Gasteiger partial charge in [0.2, 0.25) is 0 Å². The van der Waals surface area contributed by atoms with Gasteiger partial charge in [0, 0.05) is 30.3 Å². The molecular formula is C16H22N2O3. The summed E-state index contributed by atoms with van der Waals surface area (Å²) in [5.41, 5.74) is 1.21. The van der Waals surface area contributed by atoms with Crippen LogP contribution in [0.5, 0.6) is 0 Å². The van der Waals surface area contributed by atoms with Crippen molar-refractivity contribution in [2.45, 2.75) is 32.8 Å². The number of anilines is 1. The summed E-state index contributed by atoms with van der Waals surface area (Å²) >= 11 is 0. The van der Waals surface area contributed by atoms with Gasteiger partial charge in [-0.1, -0.05) is 19.1 Å². The number of hydrogen-bond donors (Lipinski definition) is 2. The molecule has 0 saturated carbocycles. The number of amides is 2. The van der Waals surface area contributed by atoms with E-state index in [4.69, 9.17) is 4.74 Å². The molecule has 2 unspecified atom stereocenters. The monoisotopic (exact) mass is 290 g/mol. The fourth-order valence-corrected chi connectivity index (χ4v) is 2.59. The van der Waals surface area contributed by atoms with E-state index in [2.05, 4.69) is 17.6 Å². The second-order valence-electron chi connectivity index (χ2n) is 5.34. The SMILES string of the molecule is CCC1OCCC1CNC(=O)Nc1cccc(C(C)=O)c1. The highest BCUT2D eigenvalue weighted by molar-refractivity contribution is 5.96. The van der Waals surface area contributed by atoms with E-state index in [1.807, 2.05) is 0 Å². The van der Waals surface area contributed by atoms with Gasteiger partial charge in [0.25, 0.3) is 0 Å². The number of ketones is 1. The van der Waals surface area contributed by atoms with Crippen molar-refractivity contribution in [3.05, 3.63) is 29.8 Å². The summed E-state index contributed by atoms with van der Waals surface area (Å²) in [7, 11) is 0. The normalized spacial score (nSPS) is 21.0. The molecule has 0 bridgehead atoms. The Hall–Kier alpha value is -1.88. The predicted octanol–water partition coefficient (Wildman–Crippen LogP) is 2.83. The number of ether oxygens (including phenoxy) is 1. The number of nitrogens with one attached hydrogen (secondary N) is 2. The second-order valence-corrected chi connectivity index (χ2v) is 5.34. The maximum absolute atomic E-state index is 11.9. The highest BCUT2D eigenvalue weighted by atomic mass is 16.5.